The Morgan fingerprint density at radius 2 is 1.90 bits per heavy atom. The third-order valence-corrected chi connectivity index (χ3v) is 5.40. The number of carbonyl (C=O) groups excluding carboxylic acids is 1. The molecule has 0 saturated carbocycles. The van der Waals surface area contributed by atoms with Gasteiger partial charge in [0.05, 0.1) is 22.9 Å². The third-order valence-electron chi connectivity index (χ3n) is 4.33. The van der Waals surface area contributed by atoms with Crippen LogP contribution in [0.25, 0.3) is 26.9 Å². The SMILES string of the molecule is COc1ccc(/C=C/C(=O)Nc2ccc(O)c(-c3nc4ccccc4s3)c2)cc1. The van der Waals surface area contributed by atoms with Gasteiger partial charge in [0.25, 0.3) is 0 Å². The Balaban J connectivity index is 1.52. The molecule has 1 heterocycles. The first kappa shape index (κ1) is 18.7. The van der Waals surface area contributed by atoms with Crippen molar-refractivity contribution in [2.45, 2.75) is 0 Å². The Morgan fingerprint density at radius 3 is 2.66 bits per heavy atom. The fourth-order valence-electron chi connectivity index (χ4n) is 2.84. The van der Waals surface area contributed by atoms with Gasteiger partial charge in [-0.05, 0) is 54.1 Å². The Labute approximate surface area is 171 Å². The molecule has 5 nitrogen and oxygen atoms in total. The highest BCUT2D eigenvalue weighted by atomic mass is 32.1. The summed E-state index contributed by atoms with van der Waals surface area (Å²) >= 11 is 1.49. The van der Waals surface area contributed by atoms with E-state index in [0.717, 1.165) is 21.5 Å². The molecule has 0 unspecified atom stereocenters. The summed E-state index contributed by atoms with van der Waals surface area (Å²) < 4.78 is 6.16. The van der Waals surface area contributed by atoms with Crippen molar-refractivity contribution in [1.29, 1.82) is 0 Å². The minimum Gasteiger partial charge on any atom is -0.507 e. The van der Waals surface area contributed by atoms with E-state index in [1.807, 2.05) is 48.5 Å². The molecule has 4 rings (SSSR count). The number of phenolic OH excluding ortho intramolecular Hbond substituents is 1. The summed E-state index contributed by atoms with van der Waals surface area (Å²) in [6.07, 6.45) is 3.19. The van der Waals surface area contributed by atoms with Crippen molar-refractivity contribution in [3.63, 3.8) is 0 Å². The number of anilines is 1. The zero-order valence-corrected chi connectivity index (χ0v) is 16.4. The van der Waals surface area contributed by atoms with Crippen LogP contribution in [0.5, 0.6) is 11.5 Å². The largest absolute Gasteiger partial charge is 0.507 e. The maximum atomic E-state index is 12.3. The average molecular weight is 402 g/mol. The van der Waals surface area contributed by atoms with Crippen LogP contribution in [-0.4, -0.2) is 23.1 Å². The number of phenols is 1. The predicted molar refractivity (Wildman–Crippen MR) is 117 cm³/mol. The van der Waals surface area contributed by atoms with E-state index in [0.29, 0.717) is 16.3 Å². The summed E-state index contributed by atoms with van der Waals surface area (Å²) in [7, 11) is 1.61. The van der Waals surface area contributed by atoms with Gasteiger partial charge in [-0.3, -0.25) is 4.79 Å². The zero-order chi connectivity index (χ0) is 20.2. The zero-order valence-electron chi connectivity index (χ0n) is 15.6. The van der Waals surface area contributed by atoms with Crippen LogP contribution in [0.3, 0.4) is 0 Å². The maximum absolute atomic E-state index is 12.3. The van der Waals surface area contributed by atoms with Gasteiger partial charge in [0.1, 0.15) is 16.5 Å². The lowest BCUT2D eigenvalue weighted by atomic mass is 10.1. The Morgan fingerprint density at radius 1 is 1.10 bits per heavy atom. The average Bonchev–Trinajstić information content (AvgIpc) is 3.18. The molecule has 144 valence electrons. The Hall–Kier alpha value is -3.64. The number of ether oxygens (including phenoxy) is 1. The number of amides is 1. The highest BCUT2D eigenvalue weighted by molar-refractivity contribution is 7.21. The summed E-state index contributed by atoms with van der Waals surface area (Å²) in [5.41, 5.74) is 2.94. The van der Waals surface area contributed by atoms with Crippen LogP contribution in [0.4, 0.5) is 5.69 Å². The topological polar surface area (TPSA) is 71.5 Å². The van der Waals surface area contributed by atoms with Gasteiger partial charge >= 0.3 is 0 Å². The second kappa shape index (κ2) is 8.16. The number of para-hydroxylation sites is 1. The van der Waals surface area contributed by atoms with E-state index in [-0.39, 0.29) is 11.7 Å². The first-order chi connectivity index (χ1) is 14.1. The van der Waals surface area contributed by atoms with Crippen molar-refractivity contribution in [1.82, 2.24) is 4.98 Å². The number of benzene rings is 3. The highest BCUT2D eigenvalue weighted by Crippen LogP contribution is 2.36. The number of carbonyl (C=O) groups is 1. The molecule has 0 fully saturated rings. The first-order valence-electron chi connectivity index (χ1n) is 8.94. The molecule has 0 aliphatic carbocycles. The third kappa shape index (κ3) is 4.28. The fourth-order valence-corrected chi connectivity index (χ4v) is 3.83. The van der Waals surface area contributed by atoms with Crippen molar-refractivity contribution in [2.75, 3.05) is 12.4 Å². The summed E-state index contributed by atoms with van der Waals surface area (Å²) in [5, 5.41) is 13.8. The molecule has 6 heteroatoms. The van der Waals surface area contributed by atoms with Crippen LogP contribution in [-0.2, 0) is 4.79 Å². The molecule has 0 radical (unpaired) electrons. The van der Waals surface area contributed by atoms with Crippen molar-refractivity contribution < 1.29 is 14.6 Å². The van der Waals surface area contributed by atoms with Gasteiger partial charge in [0, 0.05) is 11.8 Å². The molecule has 4 aromatic rings. The quantitative estimate of drug-likeness (QED) is 0.350. The molecule has 0 bridgehead atoms. The molecule has 3 aromatic carbocycles. The second-order valence-corrected chi connectivity index (χ2v) is 7.35. The number of methoxy groups -OCH3 is 1. The first-order valence-corrected chi connectivity index (χ1v) is 9.76. The predicted octanol–water partition coefficient (Wildman–Crippen LogP) is 5.33. The van der Waals surface area contributed by atoms with E-state index in [1.54, 1.807) is 31.4 Å². The monoisotopic (exact) mass is 402 g/mol. The van der Waals surface area contributed by atoms with E-state index < -0.39 is 0 Å². The summed E-state index contributed by atoms with van der Waals surface area (Å²) in [4.78, 5) is 16.9. The molecule has 1 amide bonds. The van der Waals surface area contributed by atoms with Crippen LogP contribution in [0, 0.1) is 0 Å². The van der Waals surface area contributed by atoms with Gasteiger partial charge in [-0.2, -0.15) is 0 Å². The summed E-state index contributed by atoms with van der Waals surface area (Å²) in [5.74, 6) is 0.621. The van der Waals surface area contributed by atoms with Crippen LogP contribution in [0.2, 0.25) is 0 Å². The molecular formula is C23H18N2O3S. The van der Waals surface area contributed by atoms with Gasteiger partial charge < -0.3 is 15.2 Å². The Bertz CT molecular complexity index is 1160. The minimum atomic E-state index is -0.262. The van der Waals surface area contributed by atoms with Gasteiger partial charge in [0.2, 0.25) is 5.91 Å². The smallest absolute Gasteiger partial charge is 0.248 e. The number of rotatable bonds is 5. The highest BCUT2D eigenvalue weighted by Gasteiger charge is 2.12. The van der Waals surface area contributed by atoms with Crippen molar-refractivity contribution >= 4 is 39.2 Å². The lowest BCUT2D eigenvalue weighted by Crippen LogP contribution is -2.07. The number of nitrogens with one attached hydrogen (secondary N) is 1. The van der Waals surface area contributed by atoms with Crippen LogP contribution >= 0.6 is 11.3 Å². The van der Waals surface area contributed by atoms with E-state index in [4.69, 9.17) is 4.74 Å². The summed E-state index contributed by atoms with van der Waals surface area (Å²) in [6.45, 7) is 0. The molecule has 0 saturated heterocycles. The van der Waals surface area contributed by atoms with E-state index in [2.05, 4.69) is 10.3 Å². The number of hydrogen-bond donors (Lipinski definition) is 2. The van der Waals surface area contributed by atoms with Crippen LogP contribution in [0.1, 0.15) is 5.56 Å². The van der Waals surface area contributed by atoms with Crippen LogP contribution in [0.15, 0.2) is 72.8 Å². The van der Waals surface area contributed by atoms with E-state index >= 15 is 0 Å². The molecule has 0 aliphatic rings. The normalized spacial score (nSPS) is 11.1. The lowest BCUT2D eigenvalue weighted by molar-refractivity contribution is -0.111. The lowest BCUT2D eigenvalue weighted by Gasteiger charge is -2.06. The molecular weight excluding hydrogens is 384 g/mol. The molecule has 0 spiro atoms. The number of fused-ring (bicyclic) bond motifs is 1. The van der Waals surface area contributed by atoms with Crippen molar-refractivity contribution in [3.8, 4) is 22.1 Å². The number of aromatic hydroxyl groups is 1. The number of hydrogen-bond acceptors (Lipinski definition) is 5. The fraction of sp³-hybridized carbons (Fsp3) is 0.0435. The molecule has 29 heavy (non-hydrogen) atoms. The number of nitrogens with zero attached hydrogens (tertiary/aromatic N) is 1. The van der Waals surface area contributed by atoms with Crippen LogP contribution < -0.4 is 10.1 Å². The number of aromatic nitrogens is 1. The van der Waals surface area contributed by atoms with Gasteiger partial charge in [0.15, 0.2) is 0 Å². The van der Waals surface area contributed by atoms with Gasteiger partial charge in [-0.15, -0.1) is 11.3 Å². The van der Waals surface area contributed by atoms with Gasteiger partial charge in [-0.1, -0.05) is 24.3 Å². The van der Waals surface area contributed by atoms with Crippen molar-refractivity contribution in [3.05, 3.63) is 78.4 Å². The second-order valence-electron chi connectivity index (χ2n) is 6.31. The molecule has 0 atom stereocenters. The Kier molecular flexibility index (Phi) is 5.27. The summed E-state index contributed by atoms with van der Waals surface area (Å²) in [6, 6.07) is 20.2. The standard InChI is InChI=1S/C23H18N2O3S/c1-28-17-10-6-15(7-11-17)8-13-22(27)24-16-9-12-20(26)18(14-16)23-25-19-4-2-3-5-21(19)29-23/h2-14,26H,1H3,(H,24,27)/b13-8+. The molecule has 0 aliphatic heterocycles. The maximum Gasteiger partial charge on any atom is 0.248 e. The van der Waals surface area contributed by atoms with Crippen molar-refractivity contribution in [2.24, 2.45) is 0 Å². The molecule has 2 N–H and O–H groups in total. The van der Waals surface area contributed by atoms with Gasteiger partial charge in [-0.25, -0.2) is 4.98 Å². The van der Waals surface area contributed by atoms with E-state index in [9.17, 15) is 9.90 Å². The minimum absolute atomic E-state index is 0.121. The van der Waals surface area contributed by atoms with E-state index in [1.165, 1.54) is 17.4 Å². The number of thiazole rings is 1. The molecule has 1 aromatic heterocycles.